The van der Waals surface area contributed by atoms with E-state index < -0.39 is 0 Å². The lowest BCUT2D eigenvalue weighted by Crippen LogP contribution is -2.24. The maximum absolute atomic E-state index is 3.43. The van der Waals surface area contributed by atoms with Crippen LogP contribution in [0.1, 0.15) is 72.6 Å². The van der Waals surface area contributed by atoms with Crippen LogP contribution in [0.15, 0.2) is 0 Å². The summed E-state index contributed by atoms with van der Waals surface area (Å²) in [7, 11) is 2.10. The van der Waals surface area contributed by atoms with Crippen molar-refractivity contribution in [3.05, 3.63) is 0 Å². The molecule has 0 aliphatic carbocycles. The molecule has 0 radical (unpaired) electrons. The van der Waals surface area contributed by atoms with Crippen molar-refractivity contribution in [1.29, 1.82) is 0 Å². The highest BCUT2D eigenvalue weighted by Crippen LogP contribution is 2.22. The van der Waals surface area contributed by atoms with Crippen molar-refractivity contribution in [3.63, 3.8) is 0 Å². The summed E-state index contributed by atoms with van der Waals surface area (Å²) in [5, 5.41) is 3.43. The van der Waals surface area contributed by atoms with E-state index in [1.807, 2.05) is 0 Å². The van der Waals surface area contributed by atoms with Crippen LogP contribution < -0.4 is 5.32 Å². The zero-order chi connectivity index (χ0) is 11.7. The van der Waals surface area contributed by atoms with Crippen LogP contribution in [0.3, 0.4) is 0 Å². The van der Waals surface area contributed by atoms with Crippen LogP contribution in [0.4, 0.5) is 0 Å². The summed E-state index contributed by atoms with van der Waals surface area (Å²) in [6.45, 7) is 9.27. The van der Waals surface area contributed by atoms with E-state index in [-0.39, 0.29) is 0 Å². The fourth-order valence-corrected chi connectivity index (χ4v) is 1.93. The lowest BCUT2D eigenvalue weighted by molar-refractivity contribution is 0.348. The average molecular weight is 213 g/mol. The highest BCUT2D eigenvalue weighted by molar-refractivity contribution is 4.66. The molecule has 0 bridgehead atoms. The van der Waals surface area contributed by atoms with E-state index >= 15 is 0 Å². The third kappa shape index (κ3) is 10.2. The van der Waals surface area contributed by atoms with Gasteiger partial charge in [-0.05, 0) is 31.7 Å². The summed E-state index contributed by atoms with van der Waals surface area (Å²) in [5.74, 6) is 0. The van der Waals surface area contributed by atoms with E-state index in [1.54, 1.807) is 0 Å². The van der Waals surface area contributed by atoms with Crippen LogP contribution in [0.2, 0.25) is 0 Å². The molecule has 0 aromatic rings. The van der Waals surface area contributed by atoms with Gasteiger partial charge in [-0.3, -0.25) is 0 Å². The van der Waals surface area contributed by atoms with Gasteiger partial charge in [0.1, 0.15) is 0 Å². The zero-order valence-corrected chi connectivity index (χ0v) is 11.5. The summed E-state index contributed by atoms with van der Waals surface area (Å²) in [4.78, 5) is 0. The van der Waals surface area contributed by atoms with Crippen molar-refractivity contribution in [1.82, 2.24) is 5.32 Å². The Morgan fingerprint density at radius 1 is 1.00 bits per heavy atom. The fourth-order valence-electron chi connectivity index (χ4n) is 1.93. The van der Waals surface area contributed by atoms with Gasteiger partial charge in [-0.25, -0.2) is 0 Å². The van der Waals surface area contributed by atoms with Gasteiger partial charge >= 0.3 is 0 Å². The fraction of sp³-hybridized carbons (Fsp3) is 1.00. The Labute approximate surface area is 97.0 Å². The van der Waals surface area contributed by atoms with Gasteiger partial charge in [0.05, 0.1) is 0 Å². The van der Waals surface area contributed by atoms with Crippen molar-refractivity contribution in [2.45, 2.75) is 78.7 Å². The summed E-state index contributed by atoms with van der Waals surface area (Å²) in [6.07, 6.45) is 9.51. The lowest BCUT2D eigenvalue weighted by Gasteiger charge is -2.19. The first-order valence-corrected chi connectivity index (χ1v) is 6.67. The molecule has 92 valence electrons. The van der Waals surface area contributed by atoms with Crippen LogP contribution in [0.5, 0.6) is 0 Å². The summed E-state index contributed by atoms with van der Waals surface area (Å²) < 4.78 is 0. The van der Waals surface area contributed by atoms with Gasteiger partial charge < -0.3 is 5.32 Å². The Hall–Kier alpha value is -0.0400. The van der Waals surface area contributed by atoms with Crippen LogP contribution in [-0.2, 0) is 0 Å². The molecule has 0 saturated heterocycles. The minimum atomic E-state index is 0.512. The molecule has 0 aromatic heterocycles. The molecule has 0 fully saturated rings. The third-order valence-corrected chi connectivity index (χ3v) is 3.04. The molecule has 1 atom stereocenters. The standard InChI is InChI=1S/C14H31N/c1-6-7-10-13(15-5)11-8-9-12-14(2,3)4/h13,15H,6-12H2,1-5H3/t13-/m0/s1. The summed E-state index contributed by atoms with van der Waals surface area (Å²) in [5.41, 5.74) is 0.512. The molecular weight excluding hydrogens is 182 g/mol. The average Bonchev–Trinajstić information content (AvgIpc) is 2.15. The van der Waals surface area contributed by atoms with Gasteiger partial charge in [0.25, 0.3) is 0 Å². The molecule has 0 amide bonds. The van der Waals surface area contributed by atoms with Crippen molar-refractivity contribution < 1.29 is 0 Å². The summed E-state index contributed by atoms with van der Waals surface area (Å²) in [6, 6.07) is 0.755. The molecule has 0 unspecified atom stereocenters. The summed E-state index contributed by atoms with van der Waals surface area (Å²) >= 11 is 0. The van der Waals surface area contributed by atoms with Crippen LogP contribution in [0, 0.1) is 5.41 Å². The Kier molecular flexibility index (Phi) is 8.13. The highest BCUT2D eigenvalue weighted by Gasteiger charge is 2.10. The van der Waals surface area contributed by atoms with Gasteiger partial charge in [-0.15, -0.1) is 0 Å². The largest absolute Gasteiger partial charge is 0.317 e. The molecule has 0 saturated carbocycles. The van der Waals surface area contributed by atoms with E-state index in [4.69, 9.17) is 0 Å². The molecule has 1 N–H and O–H groups in total. The van der Waals surface area contributed by atoms with Crippen LogP contribution >= 0.6 is 0 Å². The molecule has 0 aliphatic rings. The maximum Gasteiger partial charge on any atom is 0.00640 e. The predicted molar refractivity (Wildman–Crippen MR) is 70.3 cm³/mol. The first-order chi connectivity index (χ1) is 6.99. The van der Waals surface area contributed by atoms with E-state index in [1.165, 1.54) is 44.9 Å². The smallest absolute Gasteiger partial charge is 0.00640 e. The maximum atomic E-state index is 3.43. The quantitative estimate of drug-likeness (QED) is 0.590. The lowest BCUT2D eigenvalue weighted by atomic mass is 9.89. The van der Waals surface area contributed by atoms with E-state index in [2.05, 4.69) is 40.1 Å². The molecule has 15 heavy (non-hydrogen) atoms. The Bertz CT molecular complexity index is 135. The number of unbranched alkanes of at least 4 members (excludes halogenated alkanes) is 2. The van der Waals surface area contributed by atoms with Crippen molar-refractivity contribution in [3.8, 4) is 0 Å². The SMILES string of the molecule is CCCC[C@@H](CCCCC(C)(C)C)NC. The number of rotatable bonds is 8. The Balaban J connectivity index is 3.46. The van der Waals surface area contributed by atoms with Gasteiger partial charge in [0.2, 0.25) is 0 Å². The second-order valence-electron chi connectivity index (χ2n) is 5.93. The number of hydrogen-bond acceptors (Lipinski definition) is 1. The highest BCUT2D eigenvalue weighted by atomic mass is 14.9. The number of nitrogens with one attached hydrogen (secondary N) is 1. The van der Waals surface area contributed by atoms with Crippen molar-refractivity contribution in [2.75, 3.05) is 7.05 Å². The second-order valence-corrected chi connectivity index (χ2v) is 5.93. The van der Waals surface area contributed by atoms with E-state index in [0.717, 1.165) is 6.04 Å². The second kappa shape index (κ2) is 8.15. The Morgan fingerprint density at radius 2 is 1.60 bits per heavy atom. The van der Waals surface area contributed by atoms with Crippen molar-refractivity contribution >= 4 is 0 Å². The third-order valence-electron chi connectivity index (χ3n) is 3.04. The normalized spacial score (nSPS) is 14.2. The molecule has 1 nitrogen and oxygen atoms in total. The van der Waals surface area contributed by atoms with Gasteiger partial charge in [0.15, 0.2) is 0 Å². The first kappa shape index (κ1) is 15.0. The van der Waals surface area contributed by atoms with E-state index in [0.29, 0.717) is 5.41 Å². The van der Waals surface area contributed by atoms with E-state index in [9.17, 15) is 0 Å². The molecule has 0 spiro atoms. The molecule has 0 heterocycles. The van der Waals surface area contributed by atoms with Crippen LogP contribution in [0.25, 0.3) is 0 Å². The van der Waals surface area contributed by atoms with Crippen LogP contribution in [-0.4, -0.2) is 13.1 Å². The van der Waals surface area contributed by atoms with Gasteiger partial charge in [-0.2, -0.15) is 0 Å². The van der Waals surface area contributed by atoms with Crippen molar-refractivity contribution in [2.24, 2.45) is 5.41 Å². The first-order valence-electron chi connectivity index (χ1n) is 6.67. The minimum Gasteiger partial charge on any atom is -0.317 e. The molecule has 0 aliphatic heterocycles. The number of hydrogen-bond donors (Lipinski definition) is 1. The van der Waals surface area contributed by atoms with Gasteiger partial charge in [-0.1, -0.05) is 53.4 Å². The molecule has 1 heteroatoms. The minimum absolute atomic E-state index is 0.512. The predicted octanol–water partition coefficient (Wildman–Crippen LogP) is 4.37. The zero-order valence-electron chi connectivity index (χ0n) is 11.5. The van der Waals surface area contributed by atoms with Gasteiger partial charge in [0, 0.05) is 6.04 Å². The molecule has 0 rings (SSSR count). The topological polar surface area (TPSA) is 12.0 Å². The molecule has 0 aromatic carbocycles. The monoisotopic (exact) mass is 213 g/mol. The Morgan fingerprint density at radius 3 is 2.07 bits per heavy atom. The molecular formula is C14H31N.